The van der Waals surface area contributed by atoms with E-state index in [4.69, 9.17) is 0 Å². The first-order chi connectivity index (χ1) is 13.2. The number of piperazine rings is 1. The van der Waals surface area contributed by atoms with Crippen LogP contribution in [0.5, 0.6) is 5.75 Å². The second-order valence-electron chi connectivity index (χ2n) is 6.70. The second kappa shape index (κ2) is 9.77. The summed E-state index contributed by atoms with van der Waals surface area (Å²) in [6.07, 6.45) is -4.20. The third-order valence-electron chi connectivity index (χ3n) is 4.79. The summed E-state index contributed by atoms with van der Waals surface area (Å²) in [5.41, 5.74) is 0.346. The van der Waals surface area contributed by atoms with Crippen LogP contribution in [-0.4, -0.2) is 67.4 Å². The summed E-state index contributed by atoms with van der Waals surface area (Å²) in [5.74, 6) is -0.655. The molecule has 1 amide bonds. The summed E-state index contributed by atoms with van der Waals surface area (Å²) in [7, 11) is 1.35. The maximum absolute atomic E-state index is 12.5. The highest BCUT2D eigenvalue weighted by atomic mass is 19.4. The molecule has 156 valence electrons. The largest absolute Gasteiger partial charge is 0.573 e. The lowest BCUT2D eigenvalue weighted by molar-refractivity contribution is -0.274. The molecule has 1 aliphatic heterocycles. The molecule has 1 aromatic rings. The van der Waals surface area contributed by atoms with E-state index in [-0.39, 0.29) is 36.5 Å². The van der Waals surface area contributed by atoms with Gasteiger partial charge in [0, 0.05) is 38.6 Å². The Kier molecular flexibility index (Phi) is 7.68. The maximum Gasteiger partial charge on any atom is 0.573 e. The Morgan fingerprint density at radius 3 is 2.39 bits per heavy atom. The van der Waals surface area contributed by atoms with Crippen LogP contribution < -0.4 is 4.74 Å². The second-order valence-corrected chi connectivity index (χ2v) is 6.70. The van der Waals surface area contributed by atoms with Crippen molar-refractivity contribution in [2.45, 2.75) is 38.6 Å². The molecular weight excluding hydrogens is 377 g/mol. The van der Waals surface area contributed by atoms with Gasteiger partial charge in [-0.3, -0.25) is 14.5 Å². The van der Waals surface area contributed by atoms with Crippen LogP contribution in [0.25, 0.3) is 0 Å². The van der Waals surface area contributed by atoms with E-state index in [0.717, 1.165) is 0 Å². The average Bonchev–Trinajstić information content (AvgIpc) is 2.65. The monoisotopic (exact) mass is 402 g/mol. The highest BCUT2D eigenvalue weighted by Crippen LogP contribution is 2.27. The lowest BCUT2D eigenvalue weighted by Crippen LogP contribution is -2.51. The van der Waals surface area contributed by atoms with E-state index < -0.39 is 6.36 Å². The van der Waals surface area contributed by atoms with Crippen LogP contribution in [0.2, 0.25) is 0 Å². The first-order valence-electron chi connectivity index (χ1n) is 9.12. The molecule has 2 rings (SSSR count). The molecule has 9 heteroatoms. The van der Waals surface area contributed by atoms with Crippen molar-refractivity contribution in [2.75, 3.05) is 33.3 Å². The van der Waals surface area contributed by atoms with Gasteiger partial charge in [-0.15, -0.1) is 13.2 Å². The number of aryl methyl sites for hydroxylation is 1. The van der Waals surface area contributed by atoms with Crippen molar-refractivity contribution >= 4 is 11.9 Å². The molecule has 1 aromatic carbocycles. The van der Waals surface area contributed by atoms with Crippen molar-refractivity contribution in [3.05, 3.63) is 29.8 Å². The molecule has 0 N–H and O–H groups in total. The van der Waals surface area contributed by atoms with E-state index in [1.54, 1.807) is 11.0 Å². The summed E-state index contributed by atoms with van der Waals surface area (Å²) in [4.78, 5) is 27.6. The fourth-order valence-electron chi connectivity index (χ4n) is 3.20. The highest BCUT2D eigenvalue weighted by Gasteiger charge is 2.32. The lowest BCUT2D eigenvalue weighted by Gasteiger charge is -2.37. The van der Waals surface area contributed by atoms with Crippen molar-refractivity contribution in [3.63, 3.8) is 0 Å². The third-order valence-corrected chi connectivity index (χ3v) is 4.79. The quantitative estimate of drug-likeness (QED) is 0.657. The first kappa shape index (κ1) is 22.0. The molecule has 1 atom stereocenters. The Morgan fingerprint density at radius 1 is 1.14 bits per heavy atom. The fraction of sp³-hybridized carbons (Fsp3) is 0.579. The van der Waals surface area contributed by atoms with Crippen molar-refractivity contribution in [1.29, 1.82) is 0 Å². The van der Waals surface area contributed by atoms with E-state index in [2.05, 4.69) is 14.4 Å². The predicted molar refractivity (Wildman–Crippen MR) is 95.7 cm³/mol. The first-order valence-corrected chi connectivity index (χ1v) is 9.12. The number of carbonyl (C=O) groups is 2. The Morgan fingerprint density at radius 2 is 1.79 bits per heavy atom. The van der Waals surface area contributed by atoms with Gasteiger partial charge in [-0.1, -0.05) is 18.2 Å². The molecule has 0 saturated carbocycles. The normalized spacial score (nSPS) is 16.5. The molecule has 6 nitrogen and oxygen atoms in total. The summed E-state index contributed by atoms with van der Waals surface area (Å²) < 4.78 is 46.1. The van der Waals surface area contributed by atoms with Crippen LogP contribution in [0.1, 0.15) is 25.3 Å². The van der Waals surface area contributed by atoms with Crippen molar-refractivity contribution in [3.8, 4) is 5.75 Å². The molecule has 1 fully saturated rings. The number of methoxy groups -OCH3 is 1. The van der Waals surface area contributed by atoms with Gasteiger partial charge in [0.2, 0.25) is 5.91 Å². The number of rotatable bonds is 7. The number of esters is 1. The number of nitrogens with zero attached hydrogens (tertiary/aromatic N) is 2. The molecule has 1 saturated heterocycles. The standard InChI is InChI=1S/C19H25F3N2O4/c1-14(13-18(26)27-2)23-9-11-24(12-10-23)17(25)8-7-15-5-3-4-6-16(15)28-19(20,21)22/h3-6,14H,7-13H2,1-2H3. The molecule has 0 aliphatic carbocycles. The lowest BCUT2D eigenvalue weighted by atomic mass is 10.1. The van der Waals surface area contributed by atoms with Gasteiger partial charge >= 0.3 is 12.3 Å². The van der Waals surface area contributed by atoms with E-state index in [1.165, 1.54) is 25.3 Å². The van der Waals surface area contributed by atoms with Crippen LogP contribution in [0.4, 0.5) is 13.2 Å². The van der Waals surface area contributed by atoms with Crippen LogP contribution >= 0.6 is 0 Å². The van der Waals surface area contributed by atoms with Crippen molar-refractivity contribution in [2.24, 2.45) is 0 Å². The van der Waals surface area contributed by atoms with Gasteiger partial charge in [0.1, 0.15) is 5.75 Å². The Bertz CT molecular complexity index is 673. The van der Waals surface area contributed by atoms with E-state index >= 15 is 0 Å². The molecule has 0 aromatic heterocycles. The minimum Gasteiger partial charge on any atom is -0.469 e. The molecular formula is C19H25F3N2O4. The van der Waals surface area contributed by atoms with Gasteiger partial charge in [0.05, 0.1) is 13.5 Å². The number of amides is 1. The molecule has 1 heterocycles. The molecule has 0 bridgehead atoms. The molecule has 28 heavy (non-hydrogen) atoms. The summed E-state index contributed by atoms with van der Waals surface area (Å²) in [5, 5.41) is 0. The fourth-order valence-corrected chi connectivity index (χ4v) is 3.20. The number of benzene rings is 1. The Balaban J connectivity index is 1.83. The minimum absolute atomic E-state index is 0.0242. The van der Waals surface area contributed by atoms with Crippen LogP contribution in [0, 0.1) is 0 Å². The average molecular weight is 402 g/mol. The van der Waals surface area contributed by atoms with Crippen LogP contribution in [0.15, 0.2) is 24.3 Å². The van der Waals surface area contributed by atoms with Crippen molar-refractivity contribution < 1.29 is 32.2 Å². The van der Waals surface area contributed by atoms with Gasteiger partial charge < -0.3 is 14.4 Å². The van der Waals surface area contributed by atoms with Gasteiger partial charge in [-0.25, -0.2) is 0 Å². The minimum atomic E-state index is -4.77. The third kappa shape index (κ3) is 6.70. The maximum atomic E-state index is 12.5. The number of hydrogen-bond donors (Lipinski definition) is 0. The zero-order valence-electron chi connectivity index (χ0n) is 16.0. The van der Waals surface area contributed by atoms with Crippen LogP contribution in [-0.2, 0) is 20.7 Å². The van der Waals surface area contributed by atoms with Gasteiger partial charge in [0.25, 0.3) is 0 Å². The smallest absolute Gasteiger partial charge is 0.469 e. The zero-order valence-corrected chi connectivity index (χ0v) is 16.0. The number of halogens is 3. The van der Waals surface area contributed by atoms with Crippen LogP contribution in [0.3, 0.4) is 0 Å². The molecule has 0 spiro atoms. The number of carbonyl (C=O) groups excluding carboxylic acids is 2. The van der Waals surface area contributed by atoms with E-state index in [9.17, 15) is 22.8 Å². The predicted octanol–water partition coefficient (Wildman–Crippen LogP) is 2.61. The van der Waals surface area contributed by atoms with E-state index in [1.807, 2.05) is 6.92 Å². The molecule has 1 aliphatic rings. The highest BCUT2D eigenvalue weighted by molar-refractivity contribution is 5.76. The topological polar surface area (TPSA) is 59.1 Å². The zero-order chi connectivity index (χ0) is 20.7. The Hall–Kier alpha value is -2.29. The van der Waals surface area contributed by atoms with Gasteiger partial charge in [-0.05, 0) is 25.0 Å². The summed E-state index contributed by atoms with van der Waals surface area (Å²) in [6.45, 7) is 4.25. The number of ether oxygens (including phenoxy) is 2. The summed E-state index contributed by atoms with van der Waals surface area (Å²) >= 11 is 0. The SMILES string of the molecule is COC(=O)CC(C)N1CCN(C(=O)CCc2ccccc2OC(F)(F)F)CC1. The number of hydrogen-bond acceptors (Lipinski definition) is 5. The molecule has 0 radical (unpaired) electrons. The summed E-state index contributed by atoms with van der Waals surface area (Å²) in [6, 6.07) is 5.87. The van der Waals surface area contributed by atoms with E-state index in [0.29, 0.717) is 38.2 Å². The number of para-hydroxylation sites is 1. The van der Waals surface area contributed by atoms with Gasteiger partial charge in [0.15, 0.2) is 0 Å². The Labute approximate surface area is 162 Å². The van der Waals surface area contributed by atoms with Gasteiger partial charge in [-0.2, -0.15) is 0 Å². The number of alkyl halides is 3. The molecule has 1 unspecified atom stereocenters. The van der Waals surface area contributed by atoms with Crippen molar-refractivity contribution in [1.82, 2.24) is 9.80 Å².